The maximum Gasteiger partial charge on any atom is 0.255 e. The topological polar surface area (TPSA) is 45.2 Å². The zero-order valence-corrected chi connectivity index (χ0v) is 15.7. The Bertz CT molecular complexity index is 702. The van der Waals surface area contributed by atoms with Gasteiger partial charge >= 0.3 is 0 Å². The van der Waals surface area contributed by atoms with Gasteiger partial charge in [0.15, 0.2) is 0 Å². The molecule has 0 radical (unpaired) electrons. The SMILES string of the molecule is CCC1CCCCN1C(=O)c1cncc(NCCCc2ccccc2)c1. The largest absolute Gasteiger partial charge is 0.384 e. The van der Waals surface area contributed by atoms with Crippen LogP contribution in [0.4, 0.5) is 5.69 Å². The van der Waals surface area contributed by atoms with E-state index in [-0.39, 0.29) is 5.91 Å². The van der Waals surface area contributed by atoms with Gasteiger partial charge < -0.3 is 10.2 Å². The number of likely N-dealkylation sites (tertiary alicyclic amines) is 1. The van der Waals surface area contributed by atoms with Crippen molar-refractivity contribution in [1.82, 2.24) is 9.88 Å². The van der Waals surface area contributed by atoms with Crippen molar-refractivity contribution >= 4 is 11.6 Å². The Hall–Kier alpha value is -2.36. The molecule has 2 aromatic rings. The summed E-state index contributed by atoms with van der Waals surface area (Å²) in [7, 11) is 0. The van der Waals surface area contributed by atoms with Crippen molar-refractivity contribution in [2.45, 2.75) is 51.5 Å². The Morgan fingerprint density at radius 2 is 2.08 bits per heavy atom. The Morgan fingerprint density at radius 3 is 2.88 bits per heavy atom. The van der Waals surface area contributed by atoms with E-state index in [4.69, 9.17) is 0 Å². The van der Waals surface area contributed by atoms with E-state index in [1.807, 2.05) is 17.0 Å². The molecule has 138 valence electrons. The van der Waals surface area contributed by atoms with E-state index in [0.717, 1.165) is 50.9 Å². The molecule has 0 bridgehead atoms. The maximum absolute atomic E-state index is 12.9. The summed E-state index contributed by atoms with van der Waals surface area (Å²) in [6, 6.07) is 12.8. The van der Waals surface area contributed by atoms with Crippen LogP contribution in [0.2, 0.25) is 0 Å². The Balaban J connectivity index is 1.54. The highest BCUT2D eigenvalue weighted by atomic mass is 16.2. The van der Waals surface area contributed by atoms with E-state index in [0.29, 0.717) is 11.6 Å². The number of carbonyl (C=O) groups is 1. The third-order valence-corrected chi connectivity index (χ3v) is 5.16. The Labute approximate surface area is 156 Å². The minimum atomic E-state index is 0.122. The average molecular weight is 351 g/mol. The lowest BCUT2D eigenvalue weighted by Crippen LogP contribution is -2.43. The average Bonchev–Trinajstić information content (AvgIpc) is 2.71. The molecule has 1 fully saturated rings. The molecule has 1 aliphatic heterocycles. The molecule has 1 unspecified atom stereocenters. The number of piperidine rings is 1. The summed E-state index contributed by atoms with van der Waals surface area (Å²) in [6.07, 6.45) is 10.1. The highest BCUT2D eigenvalue weighted by Gasteiger charge is 2.26. The number of nitrogens with one attached hydrogen (secondary N) is 1. The van der Waals surface area contributed by atoms with Crippen LogP contribution in [0.25, 0.3) is 0 Å². The number of nitrogens with zero attached hydrogens (tertiary/aromatic N) is 2. The fourth-order valence-electron chi connectivity index (χ4n) is 3.68. The van der Waals surface area contributed by atoms with Crippen molar-refractivity contribution in [3.05, 3.63) is 59.9 Å². The smallest absolute Gasteiger partial charge is 0.255 e. The summed E-state index contributed by atoms with van der Waals surface area (Å²) in [5.74, 6) is 0.122. The van der Waals surface area contributed by atoms with Crippen LogP contribution in [0.1, 0.15) is 54.9 Å². The molecule has 1 atom stereocenters. The van der Waals surface area contributed by atoms with Crippen molar-refractivity contribution in [2.24, 2.45) is 0 Å². The van der Waals surface area contributed by atoms with E-state index in [1.54, 1.807) is 12.4 Å². The van der Waals surface area contributed by atoms with Gasteiger partial charge in [0, 0.05) is 31.5 Å². The number of hydrogen-bond donors (Lipinski definition) is 1. The molecular weight excluding hydrogens is 322 g/mol. The predicted molar refractivity (Wildman–Crippen MR) is 106 cm³/mol. The van der Waals surface area contributed by atoms with E-state index < -0.39 is 0 Å². The summed E-state index contributed by atoms with van der Waals surface area (Å²) >= 11 is 0. The summed E-state index contributed by atoms with van der Waals surface area (Å²) in [4.78, 5) is 19.2. The quantitative estimate of drug-likeness (QED) is 0.745. The van der Waals surface area contributed by atoms with Crippen LogP contribution in [0.15, 0.2) is 48.8 Å². The van der Waals surface area contributed by atoms with Gasteiger partial charge in [-0.25, -0.2) is 0 Å². The second-order valence-electron chi connectivity index (χ2n) is 7.03. The molecule has 1 amide bonds. The van der Waals surface area contributed by atoms with Crippen molar-refractivity contribution in [2.75, 3.05) is 18.4 Å². The standard InChI is InChI=1S/C22H29N3O/c1-2-21-12-6-7-14-25(21)22(26)19-15-20(17-23-16-19)24-13-8-11-18-9-4-3-5-10-18/h3-5,9-10,15-17,21,24H,2,6-8,11-14H2,1H3. The lowest BCUT2D eigenvalue weighted by atomic mass is 9.99. The first-order valence-electron chi connectivity index (χ1n) is 9.81. The van der Waals surface area contributed by atoms with E-state index in [9.17, 15) is 4.79 Å². The highest BCUT2D eigenvalue weighted by molar-refractivity contribution is 5.95. The molecule has 1 aliphatic rings. The molecule has 2 heterocycles. The van der Waals surface area contributed by atoms with Gasteiger partial charge in [-0.1, -0.05) is 37.3 Å². The van der Waals surface area contributed by atoms with Crippen molar-refractivity contribution in [3.63, 3.8) is 0 Å². The van der Waals surface area contributed by atoms with Crippen LogP contribution in [-0.2, 0) is 6.42 Å². The predicted octanol–water partition coefficient (Wildman–Crippen LogP) is 4.53. The number of anilines is 1. The fourth-order valence-corrected chi connectivity index (χ4v) is 3.68. The van der Waals surface area contributed by atoms with E-state index in [2.05, 4.69) is 41.5 Å². The third-order valence-electron chi connectivity index (χ3n) is 5.16. The molecule has 1 aromatic carbocycles. The van der Waals surface area contributed by atoms with Crippen LogP contribution in [0, 0.1) is 0 Å². The van der Waals surface area contributed by atoms with Gasteiger partial charge in [0.25, 0.3) is 5.91 Å². The molecule has 4 heteroatoms. The molecular formula is C22H29N3O. The summed E-state index contributed by atoms with van der Waals surface area (Å²) in [5.41, 5.74) is 2.97. The first kappa shape index (κ1) is 18.4. The monoisotopic (exact) mass is 351 g/mol. The molecule has 1 saturated heterocycles. The Morgan fingerprint density at radius 1 is 1.23 bits per heavy atom. The van der Waals surface area contributed by atoms with Gasteiger partial charge in [-0.15, -0.1) is 0 Å². The molecule has 26 heavy (non-hydrogen) atoms. The molecule has 1 N–H and O–H groups in total. The molecule has 0 aliphatic carbocycles. The lowest BCUT2D eigenvalue weighted by Gasteiger charge is -2.35. The highest BCUT2D eigenvalue weighted by Crippen LogP contribution is 2.22. The van der Waals surface area contributed by atoms with Gasteiger partial charge in [0.05, 0.1) is 11.3 Å². The number of benzene rings is 1. The van der Waals surface area contributed by atoms with Crippen molar-refractivity contribution in [3.8, 4) is 0 Å². The van der Waals surface area contributed by atoms with E-state index >= 15 is 0 Å². The second kappa shape index (κ2) is 9.37. The summed E-state index contributed by atoms with van der Waals surface area (Å²) < 4.78 is 0. The number of rotatable bonds is 7. The number of hydrogen-bond acceptors (Lipinski definition) is 3. The number of aromatic nitrogens is 1. The fraction of sp³-hybridized carbons (Fsp3) is 0.455. The number of aryl methyl sites for hydroxylation is 1. The number of pyridine rings is 1. The normalized spacial score (nSPS) is 17.1. The van der Waals surface area contributed by atoms with Gasteiger partial charge in [0.2, 0.25) is 0 Å². The number of amides is 1. The van der Waals surface area contributed by atoms with Crippen molar-refractivity contribution < 1.29 is 4.79 Å². The molecule has 0 spiro atoms. The molecule has 4 nitrogen and oxygen atoms in total. The van der Waals surface area contributed by atoms with Crippen LogP contribution >= 0.6 is 0 Å². The lowest BCUT2D eigenvalue weighted by molar-refractivity contribution is 0.0607. The van der Waals surface area contributed by atoms with Crippen LogP contribution in [0.5, 0.6) is 0 Å². The van der Waals surface area contributed by atoms with Gasteiger partial charge in [-0.3, -0.25) is 9.78 Å². The zero-order valence-electron chi connectivity index (χ0n) is 15.7. The van der Waals surface area contributed by atoms with Gasteiger partial charge in [0.1, 0.15) is 0 Å². The van der Waals surface area contributed by atoms with E-state index in [1.165, 1.54) is 12.0 Å². The van der Waals surface area contributed by atoms with Crippen molar-refractivity contribution in [1.29, 1.82) is 0 Å². The minimum Gasteiger partial charge on any atom is -0.384 e. The second-order valence-corrected chi connectivity index (χ2v) is 7.03. The van der Waals surface area contributed by atoms with Crippen LogP contribution < -0.4 is 5.32 Å². The molecule has 0 saturated carbocycles. The summed E-state index contributed by atoms with van der Waals surface area (Å²) in [5, 5.41) is 3.41. The zero-order chi connectivity index (χ0) is 18.2. The first-order chi connectivity index (χ1) is 12.8. The van der Waals surface area contributed by atoms with Gasteiger partial charge in [-0.05, 0) is 50.2 Å². The van der Waals surface area contributed by atoms with Crippen LogP contribution in [0.3, 0.4) is 0 Å². The van der Waals surface area contributed by atoms with Crippen LogP contribution in [-0.4, -0.2) is 34.9 Å². The molecule has 1 aromatic heterocycles. The van der Waals surface area contributed by atoms with Gasteiger partial charge in [-0.2, -0.15) is 0 Å². The molecule has 3 rings (SSSR count). The maximum atomic E-state index is 12.9. The Kier molecular flexibility index (Phi) is 6.64. The minimum absolute atomic E-state index is 0.122. The number of carbonyl (C=O) groups excluding carboxylic acids is 1. The first-order valence-corrected chi connectivity index (χ1v) is 9.81. The third kappa shape index (κ3) is 4.84. The summed E-state index contributed by atoms with van der Waals surface area (Å²) in [6.45, 7) is 3.90.